The van der Waals surface area contributed by atoms with Gasteiger partial charge in [-0.2, -0.15) is 0 Å². The van der Waals surface area contributed by atoms with Gasteiger partial charge in [-0.25, -0.2) is 9.78 Å². The van der Waals surface area contributed by atoms with Crippen molar-refractivity contribution >= 4 is 55.7 Å². The van der Waals surface area contributed by atoms with Crippen molar-refractivity contribution in [2.45, 2.75) is 6.92 Å². The molecule has 13 heteroatoms. The summed E-state index contributed by atoms with van der Waals surface area (Å²) < 4.78 is 19.6. The molecule has 46 heavy (non-hydrogen) atoms. The van der Waals surface area contributed by atoms with Crippen molar-refractivity contribution in [1.29, 1.82) is 0 Å². The van der Waals surface area contributed by atoms with E-state index in [1.807, 2.05) is 36.5 Å². The van der Waals surface area contributed by atoms with E-state index in [-0.39, 0.29) is 11.8 Å². The quantitative estimate of drug-likeness (QED) is 0.173. The van der Waals surface area contributed by atoms with Crippen molar-refractivity contribution in [3.05, 3.63) is 90.3 Å². The van der Waals surface area contributed by atoms with Gasteiger partial charge in [0.1, 0.15) is 12.4 Å². The number of anilines is 3. The van der Waals surface area contributed by atoms with E-state index in [9.17, 15) is 9.59 Å². The fraction of sp³-hybridized carbons (Fsp3) is 0.212. The van der Waals surface area contributed by atoms with E-state index in [0.717, 1.165) is 65.0 Å². The van der Waals surface area contributed by atoms with Crippen LogP contribution < -0.4 is 20.7 Å². The number of urea groups is 1. The van der Waals surface area contributed by atoms with Crippen molar-refractivity contribution in [3.8, 4) is 17.0 Å². The molecule has 7 rings (SSSR count). The summed E-state index contributed by atoms with van der Waals surface area (Å²) in [6, 6.07) is 21.4. The number of hydrogen-bond donors (Lipinski definition) is 3. The fourth-order valence-corrected chi connectivity index (χ4v) is 6.19. The molecule has 1 aliphatic rings. The molecule has 3 aromatic carbocycles. The van der Waals surface area contributed by atoms with Crippen LogP contribution in [0.15, 0.2) is 83.5 Å². The number of hydrogen-bond acceptors (Lipinski definition) is 9. The molecular weight excluding hydrogens is 606 g/mol. The third-order valence-corrected chi connectivity index (χ3v) is 8.57. The van der Waals surface area contributed by atoms with Gasteiger partial charge >= 0.3 is 6.03 Å². The number of nitrogens with one attached hydrogen (secondary N) is 3. The molecule has 1 saturated heterocycles. The Balaban J connectivity index is 0.944. The van der Waals surface area contributed by atoms with Crippen LogP contribution in [0.2, 0.25) is 0 Å². The molecule has 1 fully saturated rings. The Kier molecular flexibility index (Phi) is 8.33. The zero-order valence-corrected chi connectivity index (χ0v) is 25.8. The van der Waals surface area contributed by atoms with Gasteiger partial charge in [-0.05, 0) is 61.5 Å². The molecule has 234 valence electrons. The largest absolute Gasteiger partial charge is 0.492 e. The highest BCUT2D eigenvalue weighted by Gasteiger charge is 2.14. The SMILES string of the molecule is Cc1cc(NC(=O)Nc2ccc(C(=O)Nc3ccc(-c4cn5c(n4)sc4cc(OCCN6CCOCC6)ccc45)cc3)cc2)on1. The van der Waals surface area contributed by atoms with E-state index >= 15 is 0 Å². The highest BCUT2D eigenvalue weighted by Crippen LogP contribution is 2.32. The number of aryl methyl sites for hydroxylation is 1. The highest BCUT2D eigenvalue weighted by molar-refractivity contribution is 7.23. The Bertz CT molecular complexity index is 1990. The second-order valence-electron chi connectivity index (χ2n) is 10.8. The van der Waals surface area contributed by atoms with Gasteiger partial charge in [0.2, 0.25) is 5.88 Å². The third kappa shape index (κ3) is 6.71. The molecule has 4 heterocycles. The molecule has 0 atom stereocenters. The van der Waals surface area contributed by atoms with E-state index < -0.39 is 6.03 Å². The minimum absolute atomic E-state index is 0.244. The maximum atomic E-state index is 12.8. The first-order chi connectivity index (χ1) is 22.5. The van der Waals surface area contributed by atoms with Gasteiger partial charge in [0.05, 0.1) is 34.8 Å². The van der Waals surface area contributed by atoms with Crippen LogP contribution in [0, 0.1) is 6.92 Å². The summed E-state index contributed by atoms with van der Waals surface area (Å²) in [6.07, 6.45) is 2.03. The standard InChI is InChI=1S/C33H31N7O5S/c1-21-18-30(45-38-21)37-32(42)35-25-8-4-23(5-9-25)31(41)34-24-6-2-22(3-7-24)27-20-40-28-11-10-26(19-29(28)46-33(40)36-27)44-17-14-39-12-15-43-16-13-39/h2-11,18-20H,12-17H2,1H3,(H,34,41)(H2,35,37,42). The molecule has 3 aromatic heterocycles. The number of fused-ring (bicyclic) bond motifs is 3. The minimum Gasteiger partial charge on any atom is -0.492 e. The molecule has 0 aliphatic carbocycles. The first-order valence-electron chi connectivity index (χ1n) is 14.8. The molecule has 6 aromatic rings. The van der Waals surface area contributed by atoms with Crippen LogP contribution in [0.4, 0.5) is 22.1 Å². The molecule has 0 bridgehead atoms. The van der Waals surface area contributed by atoms with Gasteiger partial charge < -0.3 is 24.6 Å². The smallest absolute Gasteiger partial charge is 0.326 e. The zero-order chi connectivity index (χ0) is 31.5. The van der Waals surface area contributed by atoms with Crippen LogP contribution in [0.25, 0.3) is 26.4 Å². The normalized spacial score (nSPS) is 13.6. The fourth-order valence-electron chi connectivity index (χ4n) is 5.16. The minimum atomic E-state index is -0.478. The molecule has 0 radical (unpaired) electrons. The number of ether oxygens (including phenoxy) is 2. The Morgan fingerprint density at radius 3 is 2.46 bits per heavy atom. The average Bonchev–Trinajstić information content (AvgIpc) is 3.76. The molecule has 3 N–H and O–H groups in total. The van der Waals surface area contributed by atoms with Crippen LogP contribution >= 0.6 is 11.3 Å². The summed E-state index contributed by atoms with van der Waals surface area (Å²) in [6.45, 7) is 6.77. The predicted octanol–water partition coefficient (Wildman–Crippen LogP) is 6.12. The van der Waals surface area contributed by atoms with Crippen molar-refractivity contribution in [2.24, 2.45) is 0 Å². The van der Waals surface area contributed by atoms with Crippen molar-refractivity contribution < 1.29 is 23.6 Å². The number of carbonyl (C=O) groups excluding carboxylic acids is 2. The van der Waals surface area contributed by atoms with Crippen molar-refractivity contribution in [2.75, 3.05) is 55.4 Å². The van der Waals surface area contributed by atoms with E-state index in [1.54, 1.807) is 48.6 Å². The number of benzene rings is 3. The van der Waals surface area contributed by atoms with E-state index in [0.29, 0.717) is 29.2 Å². The van der Waals surface area contributed by atoms with Gasteiger partial charge in [-0.15, -0.1) is 0 Å². The lowest BCUT2D eigenvalue weighted by Gasteiger charge is -2.26. The second-order valence-corrected chi connectivity index (χ2v) is 11.8. The summed E-state index contributed by atoms with van der Waals surface area (Å²) >= 11 is 1.62. The third-order valence-electron chi connectivity index (χ3n) is 7.55. The summed E-state index contributed by atoms with van der Waals surface area (Å²) in [5.74, 6) is 0.838. The Morgan fingerprint density at radius 1 is 0.935 bits per heavy atom. The number of aromatic nitrogens is 3. The Morgan fingerprint density at radius 2 is 1.70 bits per heavy atom. The lowest BCUT2D eigenvalue weighted by atomic mass is 10.1. The topological polar surface area (TPSA) is 135 Å². The van der Waals surface area contributed by atoms with Gasteiger partial charge in [0.25, 0.3) is 5.91 Å². The maximum Gasteiger partial charge on any atom is 0.326 e. The van der Waals surface area contributed by atoms with Crippen LogP contribution in [-0.2, 0) is 4.74 Å². The summed E-state index contributed by atoms with van der Waals surface area (Å²) in [4.78, 5) is 33.1. The van der Waals surface area contributed by atoms with Crippen LogP contribution in [-0.4, -0.2) is 70.8 Å². The van der Waals surface area contributed by atoms with E-state index in [1.165, 1.54) is 0 Å². The highest BCUT2D eigenvalue weighted by atomic mass is 32.1. The average molecular weight is 638 g/mol. The molecule has 0 saturated carbocycles. The van der Waals surface area contributed by atoms with Gasteiger partial charge in [-0.3, -0.25) is 19.4 Å². The molecular formula is C33H31N7O5S. The predicted molar refractivity (Wildman–Crippen MR) is 177 cm³/mol. The Hall–Kier alpha value is -5.24. The summed E-state index contributed by atoms with van der Waals surface area (Å²) in [7, 11) is 0. The zero-order valence-electron chi connectivity index (χ0n) is 25.0. The molecule has 12 nitrogen and oxygen atoms in total. The van der Waals surface area contributed by atoms with Crippen LogP contribution in [0.1, 0.15) is 16.1 Å². The lowest BCUT2D eigenvalue weighted by Crippen LogP contribution is -2.38. The molecule has 1 aliphatic heterocycles. The number of carbonyl (C=O) groups is 2. The van der Waals surface area contributed by atoms with Crippen LogP contribution in [0.3, 0.4) is 0 Å². The Labute approximate surface area is 267 Å². The molecule has 0 unspecified atom stereocenters. The number of morpholine rings is 1. The van der Waals surface area contributed by atoms with E-state index in [2.05, 4.69) is 42.5 Å². The monoisotopic (exact) mass is 637 g/mol. The number of amides is 3. The number of thiazole rings is 1. The van der Waals surface area contributed by atoms with Crippen molar-refractivity contribution in [1.82, 2.24) is 19.4 Å². The summed E-state index contributed by atoms with van der Waals surface area (Å²) in [5, 5.41) is 11.9. The van der Waals surface area contributed by atoms with Crippen LogP contribution in [0.5, 0.6) is 5.75 Å². The molecule has 3 amide bonds. The summed E-state index contributed by atoms with van der Waals surface area (Å²) in [5.41, 5.74) is 5.16. The van der Waals surface area contributed by atoms with Gasteiger partial charge in [-0.1, -0.05) is 28.6 Å². The number of imidazole rings is 1. The van der Waals surface area contributed by atoms with Crippen molar-refractivity contribution in [3.63, 3.8) is 0 Å². The van der Waals surface area contributed by atoms with Gasteiger partial charge in [0.15, 0.2) is 4.96 Å². The van der Waals surface area contributed by atoms with E-state index in [4.69, 9.17) is 19.0 Å². The van der Waals surface area contributed by atoms with Gasteiger partial charge in [0, 0.05) is 54.4 Å². The first-order valence-corrected chi connectivity index (χ1v) is 15.7. The first kappa shape index (κ1) is 29.5. The number of rotatable bonds is 9. The second kappa shape index (κ2) is 13.0. The lowest BCUT2D eigenvalue weighted by molar-refractivity contribution is 0.0322. The maximum absolute atomic E-state index is 12.8. The number of nitrogens with zero attached hydrogens (tertiary/aromatic N) is 4. The molecule has 0 spiro atoms.